The van der Waals surface area contributed by atoms with Crippen LogP contribution in [0.15, 0.2) is 28.7 Å². The van der Waals surface area contributed by atoms with E-state index in [4.69, 9.17) is 5.11 Å². The summed E-state index contributed by atoms with van der Waals surface area (Å²) in [6, 6.07) is 7.02. The van der Waals surface area contributed by atoms with E-state index in [2.05, 4.69) is 21.2 Å². The van der Waals surface area contributed by atoms with Gasteiger partial charge in [0.05, 0.1) is 5.25 Å². The van der Waals surface area contributed by atoms with E-state index in [0.717, 1.165) is 10.0 Å². The molecular formula is C12H12BrNO3S. The predicted octanol–water partition coefficient (Wildman–Crippen LogP) is 1.68. The normalized spacial score (nSPS) is 23.5. The SMILES string of the molecule is O=C(O)[C@@H]1CS[C@H](Cc2cccc(Br)c2)C(=O)N1. The van der Waals surface area contributed by atoms with Crippen LogP contribution >= 0.6 is 27.7 Å². The summed E-state index contributed by atoms with van der Waals surface area (Å²) in [6.45, 7) is 0. The molecule has 1 aromatic rings. The number of hydrogen-bond donors (Lipinski definition) is 2. The van der Waals surface area contributed by atoms with Gasteiger partial charge >= 0.3 is 5.97 Å². The Bertz CT molecular complexity index is 480. The van der Waals surface area contributed by atoms with Crippen molar-refractivity contribution >= 4 is 39.6 Å². The topological polar surface area (TPSA) is 66.4 Å². The number of carbonyl (C=O) groups is 2. The van der Waals surface area contributed by atoms with Gasteiger partial charge in [-0.05, 0) is 24.1 Å². The number of halogens is 1. The van der Waals surface area contributed by atoms with Gasteiger partial charge in [-0.1, -0.05) is 28.1 Å². The number of thioether (sulfide) groups is 1. The van der Waals surface area contributed by atoms with Gasteiger partial charge in [0.25, 0.3) is 0 Å². The average molecular weight is 330 g/mol. The maximum absolute atomic E-state index is 11.8. The minimum Gasteiger partial charge on any atom is -0.480 e. The highest BCUT2D eigenvalue weighted by molar-refractivity contribution is 9.10. The minimum atomic E-state index is -0.975. The van der Waals surface area contributed by atoms with Crippen molar-refractivity contribution in [1.29, 1.82) is 0 Å². The van der Waals surface area contributed by atoms with Crippen LogP contribution in [0.2, 0.25) is 0 Å². The van der Waals surface area contributed by atoms with Gasteiger partial charge in [-0.15, -0.1) is 11.8 Å². The Morgan fingerprint density at radius 3 is 2.94 bits per heavy atom. The fourth-order valence-electron chi connectivity index (χ4n) is 1.76. The van der Waals surface area contributed by atoms with Crippen molar-refractivity contribution in [1.82, 2.24) is 5.32 Å². The van der Waals surface area contributed by atoms with Gasteiger partial charge in [-0.3, -0.25) is 4.79 Å². The molecule has 4 nitrogen and oxygen atoms in total. The Balaban J connectivity index is 1.99. The molecule has 0 aliphatic carbocycles. The van der Waals surface area contributed by atoms with Crippen molar-refractivity contribution in [3.05, 3.63) is 34.3 Å². The molecule has 1 aliphatic rings. The summed E-state index contributed by atoms with van der Waals surface area (Å²) < 4.78 is 0.977. The highest BCUT2D eigenvalue weighted by Gasteiger charge is 2.32. The molecule has 0 spiro atoms. The van der Waals surface area contributed by atoms with Crippen LogP contribution in [-0.4, -0.2) is 34.0 Å². The zero-order valence-electron chi connectivity index (χ0n) is 9.43. The van der Waals surface area contributed by atoms with Crippen LogP contribution in [0.5, 0.6) is 0 Å². The highest BCUT2D eigenvalue weighted by atomic mass is 79.9. The summed E-state index contributed by atoms with van der Waals surface area (Å²) in [5.74, 6) is -0.755. The smallest absolute Gasteiger partial charge is 0.327 e. The van der Waals surface area contributed by atoms with Crippen molar-refractivity contribution in [2.45, 2.75) is 17.7 Å². The molecule has 2 rings (SSSR count). The number of carboxylic acids is 1. The first-order valence-corrected chi connectivity index (χ1v) is 7.29. The Hall–Kier alpha value is -1.01. The Morgan fingerprint density at radius 2 is 2.33 bits per heavy atom. The van der Waals surface area contributed by atoms with E-state index in [-0.39, 0.29) is 11.2 Å². The summed E-state index contributed by atoms with van der Waals surface area (Å²) in [5, 5.41) is 11.2. The van der Waals surface area contributed by atoms with Crippen LogP contribution in [0.25, 0.3) is 0 Å². The molecule has 0 bridgehead atoms. The number of amides is 1. The molecule has 0 unspecified atom stereocenters. The lowest BCUT2D eigenvalue weighted by Crippen LogP contribution is -2.51. The Labute approximate surface area is 117 Å². The molecule has 2 N–H and O–H groups in total. The molecule has 96 valence electrons. The van der Waals surface area contributed by atoms with Gasteiger partial charge in [0, 0.05) is 10.2 Å². The first kappa shape index (κ1) is 13.4. The lowest BCUT2D eigenvalue weighted by Gasteiger charge is -2.26. The minimum absolute atomic E-state index is 0.196. The second-order valence-electron chi connectivity index (χ2n) is 4.06. The summed E-state index contributed by atoms with van der Waals surface area (Å²) in [7, 11) is 0. The summed E-state index contributed by atoms with van der Waals surface area (Å²) >= 11 is 4.79. The molecule has 1 amide bonds. The van der Waals surface area contributed by atoms with Gasteiger partial charge in [0.15, 0.2) is 0 Å². The van der Waals surface area contributed by atoms with Gasteiger partial charge in [-0.25, -0.2) is 4.79 Å². The maximum Gasteiger partial charge on any atom is 0.327 e. The number of nitrogens with one attached hydrogen (secondary N) is 1. The van der Waals surface area contributed by atoms with Crippen LogP contribution in [0, 0.1) is 0 Å². The zero-order valence-corrected chi connectivity index (χ0v) is 11.8. The van der Waals surface area contributed by atoms with Gasteiger partial charge in [0.2, 0.25) is 5.91 Å². The number of rotatable bonds is 3. The third kappa shape index (κ3) is 3.26. The van der Waals surface area contributed by atoms with Gasteiger partial charge < -0.3 is 10.4 Å². The fraction of sp³-hybridized carbons (Fsp3) is 0.333. The molecule has 0 aromatic heterocycles. The molecule has 18 heavy (non-hydrogen) atoms. The van der Waals surface area contributed by atoms with E-state index in [9.17, 15) is 9.59 Å². The summed E-state index contributed by atoms with van der Waals surface area (Å²) in [4.78, 5) is 22.6. The van der Waals surface area contributed by atoms with E-state index in [1.54, 1.807) is 0 Å². The number of aliphatic carboxylic acids is 1. The highest BCUT2D eigenvalue weighted by Crippen LogP contribution is 2.23. The molecule has 1 fully saturated rings. The lowest BCUT2D eigenvalue weighted by atomic mass is 10.1. The molecule has 2 atom stereocenters. The quantitative estimate of drug-likeness (QED) is 0.885. The molecule has 1 aromatic carbocycles. The average Bonchev–Trinajstić information content (AvgIpc) is 2.31. The van der Waals surface area contributed by atoms with Crippen molar-refractivity contribution in [2.24, 2.45) is 0 Å². The molecule has 1 heterocycles. The van der Waals surface area contributed by atoms with Gasteiger partial charge in [0.1, 0.15) is 6.04 Å². The first-order valence-electron chi connectivity index (χ1n) is 5.45. The predicted molar refractivity (Wildman–Crippen MR) is 73.7 cm³/mol. The first-order chi connectivity index (χ1) is 8.56. The maximum atomic E-state index is 11.8. The standard InChI is InChI=1S/C12H12BrNO3S/c13-8-3-1-2-7(4-8)5-10-11(15)14-9(6-18-10)12(16)17/h1-4,9-10H,5-6H2,(H,14,15)(H,16,17)/t9-,10+/m0/s1. The third-order valence-corrected chi connectivity index (χ3v) is 4.48. The van der Waals surface area contributed by atoms with Crippen LogP contribution in [-0.2, 0) is 16.0 Å². The van der Waals surface area contributed by atoms with Crippen LogP contribution in [0.4, 0.5) is 0 Å². The molecule has 0 radical (unpaired) electrons. The summed E-state index contributed by atoms with van der Waals surface area (Å²) in [5.41, 5.74) is 1.06. The number of carbonyl (C=O) groups excluding carboxylic acids is 1. The molecular weight excluding hydrogens is 318 g/mol. The summed E-state index contributed by atoms with van der Waals surface area (Å²) in [6.07, 6.45) is 0.613. The Morgan fingerprint density at radius 1 is 1.56 bits per heavy atom. The van der Waals surface area contributed by atoms with Crippen LogP contribution in [0.1, 0.15) is 5.56 Å². The third-order valence-electron chi connectivity index (χ3n) is 2.68. The monoisotopic (exact) mass is 329 g/mol. The lowest BCUT2D eigenvalue weighted by molar-refractivity contribution is -0.141. The molecule has 6 heteroatoms. The van der Waals surface area contributed by atoms with E-state index in [0.29, 0.717) is 12.2 Å². The van der Waals surface area contributed by atoms with E-state index >= 15 is 0 Å². The largest absolute Gasteiger partial charge is 0.480 e. The number of benzene rings is 1. The Kier molecular flexibility index (Phi) is 4.29. The van der Waals surface area contributed by atoms with Crippen molar-refractivity contribution in [2.75, 3.05) is 5.75 Å². The zero-order chi connectivity index (χ0) is 13.1. The number of carboxylic acid groups (broad SMARTS) is 1. The second kappa shape index (κ2) is 5.75. The van der Waals surface area contributed by atoms with E-state index in [1.807, 2.05) is 24.3 Å². The van der Waals surface area contributed by atoms with Crippen LogP contribution < -0.4 is 5.32 Å². The van der Waals surface area contributed by atoms with Gasteiger partial charge in [-0.2, -0.15) is 0 Å². The van der Waals surface area contributed by atoms with E-state index < -0.39 is 12.0 Å². The van der Waals surface area contributed by atoms with Crippen LogP contribution in [0.3, 0.4) is 0 Å². The fourth-order valence-corrected chi connectivity index (χ4v) is 3.38. The molecule has 0 saturated carbocycles. The second-order valence-corrected chi connectivity index (χ2v) is 6.21. The molecule has 1 aliphatic heterocycles. The molecule has 1 saturated heterocycles. The number of hydrogen-bond acceptors (Lipinski definition) is 3. The van der Waals surface area contributed by atoms with Crippen molar-refractivity contribution < 1.29 is 14.7 Å². The van der Waals surface area contributed by atoms with E-state index in [1.165, 1.54) is 11.8 Å². The van der Waals surface area contributed by atoms with Crippen molar-refractivity contribution in [3.63, 3.8) is 0 Å². The van der Waals surface area contributed by atoms with Crippen molar-refractivity contribution in [3.8, 4) is 0 Å².